The Balaban J connectivity index is 1.72. The Morgan fingerprint density at radius 2 is 1.77 bits per heavy atom. The Morgan fingerprint density at radius 3 is 2.45 bits per heavy atom. The molecular weight excluding hydrogens is 395 g/mol. The molecule has 0 amide bonds. The molecule has 0 radical (unpaired) electrons. The van der Waals surface area contributed by atoms with E-state index in [1.54, 1.807) is 0 Å². The van der Waals surface area contributed by atoms with E-state index in [2.05, 4.69) is 4.98 Å². The summed E-state index contributed by atoms with van der Waals surface area (Å²) in [5.74, 6) is 0. The molecule has 0 saturated carbocycles. The Hall–Kier alpha value is -2.26. The summed E-state index contributed by atoms with van der Waals surface area (Å²) < 4.78 is 19.6. The second-order valence-corrected chi connectivity index (χ2v) is 9.45. The normalized spacial score (nSPS) is 25.4. The van der Waals surface area contributed by atoms with Crippen molar-refractivity contribution in [2.75, 3.05) is 13.2 Å². The quantitative estimate of drug-likeness (QED) is 0.504. The molecule has 162 valence electrons. The SMILES string of the molecule is CC1(C)OB(c2cc3c(=O)n([C@H]4COCC[C@@H]4O)cnc3c3ccccc23)OC1(C)C. The average molecular weight is 422 g/mol. The van der Waals surface area contributed by atoms with E-state index < -0.39 is 30.5 Å². The van der Waals surface area contributed by atoms with Gasteiger partial charge in [-0.15, -0.1) is 0 Å². The summed E-state index contributed by atoms with van der Waals surface area (Å²) in [6.45, 7) is 8.81. The summed E-state index contributed by atoms with van der Waals surface area (Å²) in [5.41, 5.74) is 0.240. The summed E-state index contributed by atoms with van der Waals surface area (Å²) in [6.07, 6.45) is 1.37. The van der Waals surface area contributed by atoms with Crippen molar-refractivity contribution >= 4 is 34.3 Å². The zero-order valence-electron chi connectivity index (χ0n) is 18.3. The van der Waals surface area contributed by atoms with Crippen molar-refractivity contribution in [1.29, 1.82) is 0 Å². The zero-order chi connectivity index (χ0) is 22.0. The van der Waals surface area contributed by atoms with Crippen LogP contribution in [0.2, 0.25) is 0 Å². The highest BCUT2D eigenvalue weighted by molar-refractivity contribution is 6.65. The van der Waals surface area contributed by atoms with Crippen LogP contribution < -0.4 is 11.0 Å². The van der Waals surface area contributed by atoms with E-state index in [9.17, 15) is 9.90 Å². The van der Waals surface area contributed by atoms with Crippen molar-refractivity contribution in [3.05, 3.63) is 47.0 Å². The molecule has 0 bridgehead atoms. The minimum Gasteiger partial charge on any atom is -0.399 e. The minimum absolute atomic E-state index is 0.205. The van der Waals surface area contributed by atoms with Crippen LogP contribution in [0.4, 0.5) is 0 Å². The summed E-state index contributed by atoms with van der Waals surface area (Å²) in [4.78, 5) is 18.1. The first-order valence-electron chi connectivity index (χ1n) is 10.7. The molecule has 2 saturated heterocycles. The average Bonchev–Trinajstić information content (AvgIpc) is 2.95. The van der Waals surface area contributed by atoms with Gasteiger partial charge in [0.25, 0.3) is 5.56 Å². The first kappa shape index (κ1) is 20.6. The number of aliphatic hydroxyl groups excluding tert-OH is 1. The number of aromatic nitrogens is 2. The van der Waals surface area contributed by atoms with Crippen LogP contribution >= 0.6 is 0 Å². The van der Waals surface area contributed by atoms with Crippen LogP contribution in [0.5, 0.6) is 0 Å². The van der Waals surface area contributed by atoms with E-state index in [1.807, 2.05) is 58.0 Å². The Morgan fingerprint density at radius 1 is 1.10 bits per heavy atom. The summed E-state index contributed by atoms with van der Waals surface area (Å²) >= 11 is 0. The number of benzene rings is 2. The Kier molecular flexibility index (Phi) is 4.75. The molecule has 2 atom stereocenters. The highest BCUT2D eigenvalue weighted by atomic mass is 16.7. The van der Waals surface area contributed by atoms with Crippen molar-refractivity contribution in [3.63, 3.8) is 0 Å². The van der Waals surface area contributed by atoms with Crippen LogP contribution in [0, 0.1) is 0 Å². The standard InChI is InChI=1S/C23H27BN2O5/c1-22(2)23(3,4)31-24(30-22)17-11-16-20(15-8-6-5-7-14(15)17)25-13-26(21(16)28)18-12-29-10-9-19(18)27/h5-8,11,13,18-19,27H,9-10,12H2,1-4H3/t18-,19-/m0/s1. The highest BCUT2D eigenvalue weighted by Gasteiger charge is 2.52. The number of hydrogen-bond acceptors (Lipinski definition) is 6. The van der Waals surface area contributed by atoms with Crippen LogP contribution in [0.25, 0.3) is 21.7 Å². The first-order chi connectivity index (χ1) is 14.7. The molecule has 1 aromatic heterocycles. The number of nitrogens with zero attached hydrogens (tertiary/aromatic N) is 2. The van der Waals surface area contributed by atoms with Gasteiger partial charge in [-0.2, -0.15) is 0 Å². The maximum atomic E-state index is 13.5. The lowest BCUT2D eigenvalue weighted by atomic mass is 9.75. The Labute approximate surface area is 181 Å². The third kappa shape index (κ3) is 3.21. The lowest BCUT2D eigenvalue weighted by molar-refractivity contribution is -0.0303. The van der Waals surface area contributed by atoms with Gasteiger partial charge in [-0.3, -0.25) is 9.36 Å². The second kappa shape index (κ2) is 7.13. The van der Waals surface area contributed by atoms with Gasteiger partial charge in [0.05, 0.1) is 47.2 Å². The first-order valence-corrected chi connectivity index (χ1v) is 10.7. The molecule has 0 unspecified atom stereocenters. The van der Waals surface area contributed by atoms with Crippen molar-refractivity contribution in [2.24, 2.45) is 0 Å². The van der Waals surface area contributed by atoms with Gasteiger partial charge in [0.2, 0.25) is 0 Å². The number of fused-ring (bicyclic) bond motifs is 3. The maximum absolute atomic E-state index is 13.5. The molecule has 2 aliphatic rings. The third-order valence-electron chi connectivity index (χ3n) is 6.98. The van der Waals surface area contributed by atoms with Gasteiger partial charge in [0, 0.05) is 12.0 Å². The third-order valence-corrected chi connectivity index (χ3v) is 6.98. The van der Waals surface area contributed by atoms with E-state index in [1.165, 1.54) is 10.9 Å². The van der Waals surface area contributed by atoms with E-state index in [0.29, 0.717) is 23.9 Å². The molecule has 7 nitrogen and oxygen atoms in total. The van der Waals surface area contributed by atoms with Crippen molar-refractivity contribution in [2.45, 2.75) is 57.5 Å². The molecule has 0 spiro atoms. The lowest BCUT2D eigenvalue weighted by Gasteiger charge is -2.32. The molecule has 0 aliphatic carbocycles. The van der Waals surface area contributed by atoms with Crippen LogP contribution in [-0.4, -0.2) is 52.3 Å². The Bertz CT molecular complexity index is 1210. The predicted octanol–water partition coefficient (Wildman–Crippen LogP) is 2.17. The molecule has 2 aliphatic heterocycles. The van der Waals surface area contributed by atoms with Gasteiger partial charge < -0.3 is 19.2 Å². The second-order valence-electron chi connectivity index (χ2n) is 9.45. The molecule has 8 heteroatoms. The smallest absolute Gasteiger partial charge is 0.399 e. The van der Waals surface area contributed by atoms with Gasteiger partial charge in [-0.05, 0) is 51.0 Å². The minimum atomic E-state index is -0.645. The summed E-state index contributed by atoms with van der Waals surface area (Å²) in [5, 5.41) is 12.7. The van der Waals surface area contributed by atoms with Crippen LogP contribution in [0.1, 0.15) is 40.2 Å². The molecule has 5 rings (SSSR count). The molecule has 31 heavy (non-hydrogen) atoms. The highest BCUT2D eigenvalue weighted by Crippen LogP contribution is 2.37. The van der Waals surface area contributed by atoms with Gasteiger partial charge >= 0.3 is 7.12 Å². The molecule has 3 heterocycles. The summed E-state index contributed by atoms with van der Waals surface area (Å²) in [7, 11) is -0.601. The number of aliphatic hydroxyl groups is 1. The molecule has 2 aromatic carbocycles. The van der Waals surface area contributed by atoms with Gasteiger partial charge in [0.1, 0.15) is 0 Å². The number of rotatable bonds is 2. The number of ether oxygens (including phenoxy) is 1. The fraction of sp³-hybridized carbons (Fsp3) is 0.478. The van der Waals surface area contributed by atoms with Crippen molar-refractivity contribution < 1.29 is 19.2 Å². The van der Waals surface area contributed by atoms with Gasteiger partial charge in [-0.25, -0.2) is 4.98 Å². The van der Waals surface area contributed by atoms with Crippen molar-refractivity contribution in [3.8, 4) is 0 Å². The number of hydrogen-bond donors (Lipinski definition) is 1. The summed E-state index contributed by atoms with van der Waals surface area (Å²) in [6, 6.07) is 9.23. The topological polar surface area (TPSA) is 82.8 Å². The van der Waals surface area contributed by atoms with E-state index in [4.69, 9.17) is 14.0 Å². The van der Waals surface area contributed by atoms with Crippen molar-refractivity contribution in [1.82, 2.24) is 9.55 Å². The molecular formula is C23H27BN2O5. The van der Waals surface area contributed by atoms with E-state index >= 15 is 0 Å². The molecule has 3 aromatic rings. The predicted molar refractivity (Wildman–Crippen MR) is 120 cm³/mol. The molecule has 1 N–H and O–H groups in total. The fourth-order valence-corrected chi connectivity index (χ4v) is 4.38. The van der Waals surface area contributed by atoms with Gasteiger partial charge in [0.15, 0.2) is 0 Å². The molecule has 2 fully saturated rings. The van der Waals surface area contributed by atoms with E-state index in [0.717, 1.165) is 16.2 Å². The monoisotopic (exact) mass is 422 g/mol. The van der Waals surface area contributed by atoms with Crippen LogP contribution in [0.3, 0.4) is 0 Å². The largest absolute Gasteiger partial charge is 0.495 e. The van der Waals surface area contributed by atoms with Crippen LogP contribution in [-0.2, 0) is 14.0 Å². The zero-order valence-corrected chi connectivity index (χ0v) is 18.3. The van der Waals surface area contributed by atoms with Crippen LogP contribution in [0.15, 0.2) is 41.5 Å². The fourth-order valence-electron chi connectivity index (χ4n) is 4.38. The maximum Gasteiger partial charge on any atom is 0.495 e. The lowest BCUT2D eigenvalue weighted by Crippen LogP contribution is -2.41. The van der Waals surface area contributed by atoms with E-state index in [-0.39, 0.29) is 12.2 Å². The van der Waals surface area contributed by atoms with Gasteiger partial charge in [-0.1, -0.05) is 24.3 Å².